The summed E-state index contributed by atoms with van der Waals surface area (Å²) in [7, 11) is 0. The second-order valence-corrected chi connectivity index (χ2v) is 7.09. The maximum atomic E-state index is 11.6. The Bertz CT molecular complexity index is 508. The van der Waals surface area contributed by atoms with Gasteiger partial charge in [0, 0.05) is 25.3 Å². The van der Waals surface area contributed by atoms with E-state index in [1.807, 2.05) is 6.07 Å². The van der Waals surface area contributed by atoms with E-state index in [1.165, 1.54) is 0 Å². The van der Waals surface area contributed by atoms with Crippen LogP contribution < -0.4 is 5.32 Å². The van der Waals surface area contributed by atoms with Gasteiger partial charge in [0.15, 0.2) is 0 Å². The predicted molar refractivity (Wildman–Crippen MR) is 90.6 cm³/mol. The second kappa shape index (κ2) is 7.77. The summed E-state index contributed by atoms with van der Waals surface area (Å²) in [5.41, 5.74) is 0.611. The van der Waals surface area contributed by atoms with Gasteiger partial charge in [0.25, 0.3) is 0 Å². The van der Waals surface area contributed by atoms with Crippen molar-refractivity contribution in [2.75, 3.05) is 25.1 Å². The molecule has 2 atom stereocenters. The SMILES string of the molecule is CCOC(=O)c1ccc(NCC2CCCOC2C(C)(C)C)nc1. The molecule has 5 heteroatoms. The molecule has 0 radical (unpaired) electrons. The van der Waals surface area contributed by atoms with E-state index in [0.29, 0.717) is 18.1 Å². The first-order chi connectivity index (χ1) is 10.9. The van der Waals surface area contributed by atoms with Crippen LogP contribution in [0.1, 0.15) is 50.9 Å². The lowest BCUT2D eigenvalue weighted by Gasteiger charge is -2.40. The molecule has 0 aliphatic carbocycles. The van der Waals surface area contributed by atoms with Gasteiger partial charge in [-0.15, -0.1) is 0 Å². The van der Waals surface area contributed by atoms with Crippen molar-refractivity contribution in [3.05, 3.63) is 23.9 Å². The van der Waals surface area contributed by atoms with Crippen LogP contribution in [0.2, 0.25) is 0 Å². The van der Waals surface area contributed by atoms with E-state index in [0.717, 1.165) is 31.8 Å². The van der Waals surface area contributed by atoms with E-state index in [4.69, 9.17) is 9.47 Å². The first-order valence-corrected chi connectivity index (χ1v) is 8.40. The highest BCUT2D eigenvalue weighted by atomic mass is 16.5. The van der Waals surface area contributed by atoms with Crippen LogP contribution >= 0.6 is 0 Å². The zero-order chi connectivity index (χ0) is 16.9. The molecule has 0 spiro atoms. The lowest BCUT2D eigenvalue weighted by molar-refractivity contribution is -0.0814. The number of anilines is 1. The molecule has 1 fully saturated rings. The minimum atomic E-state index is -0.333. The Morgan fingerprint density at radius 2 is 2.22 bits per heavy atom. The number of rotatable bonds is 5. The lowest BCUT2D eigenvalue weighted by atomic mass is 9.78. The molecule has 5 nitrogen and oxygen atoms in total. The summed E-state index contributed by atoms with van der Waals surface area (Å²) in [6.07, 6.45) is 4.07. The van der Waals surface area contributed by atoms with Gasteiger partial charge in [-0.1, -0.05) is 20.8 Å². The summed E-state index contributed by atoms with van der Waals surface area (Å²) in [6, 6.07) is 3.56. The molecule has 0 aromatic carbocycles. The van der Waals surface area contributed by atoms with Gasteiger partial charge in [0.1, 0.15) is 5.82 Å². The summed E-state index contributed by atoms with van der Waals surface area (Å²) in [6.45, 7) is 10.5. The number of carbonyl (C=O) groups is 1. The highest BCUT2D eigenvalue weighted by molar-refractivity contribution is 5.89. The Balaban J connectivity index is 1.93. The molecule has 1 aromatic heterocycles. The highest BCUT2D eigenvalue weighted by Crippen LogP contribution is 2.34. The van der Waals surface area contributed by atoms with Crippen molar-refractivity contribution in [2.24, 2.45) is 11.3 Å². The molecular formula is C18H28N2O3. The van der Waals surface area contributed by atoms with Crippen LogP contribution in [-0.2, 0) is 9.47 Å². The van der Waals surface area contributed by atoms with Gasteiger partial charge >= 0.3 is 5.97 Å². The molecular weight excluding hydrogens is 292 g/mol. The van der Waals surface area contributed by atoms with Gasteiger partial charge in [-0.2, -0.15) is 0 Å². The van der Waals surface area contributed by atoms with Gasteiger partial charge in [0.05, 0.1) is 18.3 Å². The number of aromatic nitrogens is 1. The Kier molecular flexibility index (Phi) is 5.99. The first kappa shape index (κ1) is 17.7. The van der Waals surface area contributed by atoms with E-state index in [-0.39, 0.29) is 17.5 Å². The van der Waals surface area contributed by atoms with Crippen LogP contribution in [0.25, 0.3) is 0 Å². The highest BCUT2D eigenvalue weighted by Gasteiger charge is 2.35. The molecule has 1 saturated heterocycles. The molecule has 2 rings (SSSR count). The van der Waals surface area contributed by atoms with Crippen molar-refractivity contribution in [3.63, 3.8) is 0 Å². The van der Waals surface area contributed by atoms with Crippen LogP contribution in [0.4, 0.5) is 5.82 Å². The zero-order valence-corrected chi connectivity index (χ0v) is 14.6. The molecule has 1 N–H and O–H groups in total. The molecule has 0 bridgehead atoms. The maximum absolute atomic E-state index is 11.6. The number of nitrogens with zero attached hydrogens (tertiary/aromatic N) is 1. The summed E-state index contributed by atoms with van der Waals surface area (Å²) in [5.74, 6) is 0.909. The van der Waals surface area contributed by atoms with E-state index in [2.05, 4.69) is 31.1 Å². The van der Waals surface area contributed by atoms with E-state index in [1.54, 1.807) is 19.2 Å². The number of esters is 1. The maximum Gasteiger partial charge on any atom is 0.339 e. The monoisotopic (exact) mass is 320 g/mol. The van der Waals surface area contributed by atoms with Crippen LogP contribution in [0.15, 0.2) is 18.3 Å². The van der Waals surface area contributed by atoms with Crippen molar-refractivity contribution in [3.8, 4) is 0 Å². The van der Waals surface area contributed by atoms with Gasteiger partial charge in [-0.05, 0) is 37.3 Å². The van der Waals surface area contributed by atoms with Crippen molar-refractivity contribution >= 4 is 11.8 Å². The topological polar surface area (TPSA) is 60.5 Å². The number of ether oxygens (including phenoxy) is 2. The van der Waals surface area contributed by atoms with Gasteiger partial charge < -0.3 is 14.8 Å². The van der Waals surface area contributed by atoms with Crippen molar-refractivity contribution < 1.29 is 14.3 Å². The van der Waals surface area contributed by atoms with Gasteiger partial charge in [0.2, 0.25) is 0 Å². The molecule has 1 aromatic rings. The second-order valence-electron chi connectivity index (χ2n) is 7.09. The molecule has 23 heavy (non-hydrogen) atoms. The van der Waals surface area contributed by atoms with Crippen molar-refractivity contribution in [1.29, 1.82) is 0 Å². The fourth-order valence-electron chi connectivity index (χ4n) is 3.08. The zero-order valence-electron chi connectivity index (χ0n) is 14.6. The summed E-state index contributed by atoms with van der Waals surface area (Å²) < 4.78 is 11.0. The number of hydrogen-bond donors (Lipinski definition) is 1. The fourth-order valence-corrected chi connectivity index (χ4v) is 3.08. The van der Waals surface area contributed by atoms with Gasteiger partial charge in [-0.25, -0.2) is 9.78 Å². The number of carbonyl (C=O) groups excluding carboxylic acids is 1. The predicted octanol–water partition coefficient (Wildman–Crippen LogP) is 3.51. The summed E-state index contributed by atoms with van der Waals surface area (Å²) in [5, 5.41) is 3.37. The minimum absolute atomic E-state index is 0.133. The third kappa shape index (κ3) is 4.93. The molecule has 2 unspecified atom stereocenters. The van der Waals surface area contributed by atoms with E-state index >= 15 is 0 Å². The van der Waals surface area contributed by atoms with E-state index < -0.39 is 0 Å². The van der Waals surface area contributed by atoms with Crippen LogP contribution in [-0.4, -0.2) is 36.8 Å². The largest absolute Gasteiger partial charge is 0.462 e. The Labute approximate surface area is 138 Å². The molecule has 0 amide bonds. The summed E-state index contributed by atoms with van der Waals surface area (Å²) in [4.78, 5) is 15.9. The molecule has 0 saturated carbocycles. The Hall–Kier alpha value is -1.62. The van der Waals surface area contributed by atoms with E-state index in [9.17, 15) is 4.79 Å². The number of nitrogens with one attached hydrogen (secondary N) is 1. The summed E-state index contributed by atoms with van der Waals surface area (Å²) >= 11 is 0. The van der Waals surface area contributed by atoms with Crippen LogP contribution in [0.5, 0.6) is 0 Å². The Morgan fingerprint density at radius 3 is 2.83 bits per heavy atom. The molecule has 2 heterocycles. The van der Waals surface area contributed by atoms with Gasteiger partial charge in [-0.3, -0.25) is 0 Å². The van der Waals surface area contributed by atoms with Crippen LogP contribution in [0, 0.1) is 11.3 Å². The molecule has 1 aliphatic rings. The Morgan fingerprint density at radius 1 is 1.43 bits per heavy atom. The smallest absolute Gasteiger partial charge is 0.339 e. The molecule has 128 valence electrons. The fraction of sp³-hybridized carbons (Fsp3) is 0.667. The number of pyridine rings is 1. The average Bonchev–Trinajstić information content (AvgIpc) is 2.53. The minimum Gasteiger partial charge on any atom is -0.462 e. The average molecular weight is 320 g/mol. The van der Waals surface area contributed by atoms with Crippen LogP contribution in [0.3, 0.4) is 0 Å². The van der Waals surface area contributed by atoms with Crippen molar-refractivity contribution in [2.45, 2.75) is 46.6 Å². The number of hydrogen-bond acceptors (Lipinski definition) is 5. The van der Waals surface area contributed by atoms with Crippen molar-refractivity contribution in [1.82, 2.24) is 4.98 Å². The first-order valence-electron chi connectivity index (χ1n) is 8.40. The third-order valence-corrected chi connectivity index (χ3v) is 4.12. The molecule has 1 aliphatic heterocycles. The standard InChI is InChI=1S/C18H28N2O3/c1-5-22-17(21)14-8-9-15(20-12-14)19-11-13-7-6-10-23-16(13)18(2,3)4/h8-9,12-13,16H,5-7,10-11H2,1-4H3,(H,19,20). The quantitative estimate of drug-likeness (QED) is 0.841. The normalized spacial score (nSPS) is 21.7. The lowest BCUT2D eigenvalue weighted by Crippen LogP contribution is -2.42. The third-order valence-electron chi connectivity index (χ3n) is 4.12.